The molecule has 0 spiro atoms. The molecule has 3 nitrogen and oxygen atoms in total. The molecule has 5 aromatic rings. The minimum absolute atomic E-state index is 0.902. The molecule has 1 aromatic heterocycles. The number of hydrogen-bond donors (Lipinski definition) is 1. The first-order chi connectivity index (χ1) is 11.3. The predicted molar refractivity (Wildman–Crippen MR) is 96.2 cm³/mol. The van der Waals surface area contributed by atoms with Crippen LogP contribution in [0.4, 0.5) is 0 Å². The van der Waals surface area contributed by atoms with Crippen LogP contribution in [0.3, 0.4) is 0 Å². The molecule has 0 bridgehead atoms. The topological polar surface area (TPSA) is 40.5 Å². The Morgan fingerprint density at radius 1 is 0.609 bits per heavy atom. The Bertz CT molecular complexity index is 1220. The summed E-state index contributed by atoms with van der Waals surface area (Å²) in [6, 6.07) is 17.4. The second-order valence-electron chi connectivity index (χ2n) is 5.89. The Morgan fingerprint density at radius 2 is 1.09 bits per heavy atom. The normalized spacial score (nSPS) is 14.2. The lowest BCUT2D eigenvalue weighted by molar-refractivity contribution is 1.09. The first-order valence-corrected chi connectivity index (χ1v) is 7.74. The van der Waals surface area contributed by atoms with Gasteiger partial charge in [0.25, 0.3) is 0 Å². The van der Waals surface area contributed by atoms with E-state index in [1.807, 2.05) is 14.1 Å². The van der Waals surface area contributed by atoms with Gasteiger partial charge in [-0.3, -0.25) is 9.98 Å². The SMILES string of the molecule is C/N=c1\[nH]/c(=N\C)c2c3cccc4ccc5cccc(c12)c5c43. The fourth-order valence-corrected chi connectivity index (χ4v) is 3.91. The molecular weight excluding hydrogens is 282 g/mol. The number of aromatic nitrogens is 1. The third-order valence-electron chi connectivity index (χ3n) is 4.83. The molecule has 0 aliphatic heterocycles. The molecule has 0 fully saturated rings. The van der Waals surface area contributed by atoms with Crippen molar-refractivity contribution in [1.29, 1.82) is 0 Å². The zero-order chi connectivity index (χ0) is 15.6. The zero-order valence-corrected chi connectivity index (χ0v) is 13.0. The molecule has 0 radical (unpaired) electrons. The van der Waals surface area contributed by atoms with Crippen LogP contribution in [0.25, 0.3) is 43.1 Å². The summed E-state index contributed by atoms with van der Waals surface area (Å²) in [6.45, 7) is 0. The van der Waals surface area contributed by atoms with E-state index in [-0.39, 0.29) is 0 Å². The van der Waals surface area contributed by atoms with Crippen LogP contribution in [0.2, 0.25) is 0 Å². The van der Waals surface area contributed by atoms with E-state index in [1.165, 1.54) is 43.1 Å². The van der Waals surface area contributed by atoms with E-state index in [2.05, 4.69) is 63.5 Å². The summed E-state index contributed by atoms with van der Waals surface area (Å²) in [5, 5.41) is 10.0. The molecule has 0 saturated heterocycles. The van der Waals surface area contributed by atoms with E-state index < -0.39 is 0 Å². The van der Waals surface area contributed by atoms with Gasteiger partial charge in [-0.1, -0.05) is 48.5 Å². The van der Waals surface area contributed by atoms with Crippen molar-refractivity contribution in [2.24, 2.45) is 9.98 Å². The largest absolute Gasteiger partial charge is 0.324 e. The Hall–Kier alpha value is -2.94. The number of nitrogens with one attached hydrogen (secondary N) is 1. The van der Waals surface area contributed by atoms with Crippen LogP contribution < -0.4 is 11.0 Å². The van der Waals surface area contributed by atoms with Crippen LogP contribution in [0.5, 0.6) is 0 Å². The summed E-state index contributed by atoms with van der Waals surface area (Å²) in [5.41, 5.74) is 1.80. The summed E-state index contributed by atoms with van der Waals surface area (Å²) in [6.07, 6.45) is 0. The molecule has 0 unspecified atom stereocenters. The van der Waals surface area contributed by atoms with Crippen LogP contribution in [0.1, 0.15) is 0 Å². The number of hydrogen-bond acceptors (Lipinski definition) is 2. The highest BCUT2D eigenvalue weighted by atomic mass is 14.9. The number of H-pyrrole nitrogens is 1. The van der Waals surface area contributed by atoms with Gasteiger partial charge in [0.05, 0.1) is 0 Å². The van der Waals surface area contributed by atoms with Crippen LogP contribution >= 0.6 is 0 Å². The quantitative estimate of drug-likeness (QED) is 0.425. The highest BCUT2D eigenvalue weighted by molar-refractivity contribution is 6.33. The highest BCUT2D eigenvalue weighted by Crippen LogP contribution is 2.38. The van der Waals surface area contributed by atoms with Crippen molar-refractivity contribution in [1.82, 2.24) is 4.98 Å². The molecule has 1 N–H and O–H groups in total. The van der Waals surface area contributed by atoms with Crippen molar-refractivity contribution in [3.8, 4) is 0 Å². The molecule has 1 heterocycles. The van der Waals surface area contributed by atoms with E-state index in [4.69, 9.17) is 0 Å². The maximum Gasteiger partial charge on any atom is 0.135 e. The lowest BCUT2D eigenvalue weighted by Gasteiger charge is -2.12. The number of benzene rings is 4. The zero-order valence-electron chi connectivity index (χ0n) is 13.0. The van der Waals surface area contributed by atoms with E-state index in [0.717, 1.165) is 11.0 Å². The van der Waals surface area contributed by atoms with Crippen molar-refractivity contribution in [3.63, 3.8) is 0 Å². The predicted octanol–water partition coefficient (Wildman–Crippen LogP) is 3.56. The van der Waals surface area contributed by atoms with E-state index in [0.29, 0.717) is 0 Å². The standard InChI is InChI=1S/C20H15N3/c1-21-19-17-13-7-3-5-11-9-10-12-6-4-8-14(16(12)15(11)13)18(17)20(22-2)23-19/h3-10H,1-2H3,(H,21,22,23). The average Bonchev–Trinajstić information content (AvgIpc) is 2.99. The van der Waals surface area contributed by atoms with Gasteiger partial charge in [0.15, 0.2) is 0 Å². The fraction of sp³-hybridized carbons (Fsp3) is 0.100. The molecule has 0 atom stereocenters. The Morgan fingerprint density at radius 3 is 1.52 bits per heavy atom. The van der Waals surface area contributed by atoms with Crippen molar-refractivity contribution >= 4 is 43.1 Å². The molecule has 0 saturated carbocycles. The first-order valence-electron chi connectivity index (χ1n) is 7.74. The number of aromatic amines is 1. The maximum absolute atomic E-state index is 4.46. The second-order valence-corrected chi connectivity index (χ2v) is 5.89. The number of rotatable bonds is 0. The van der Waals surface area contributed by atoms with Gasteiger partial charge in [-0.2, -0.15) is 0 Å². The first kappa shape index (κ1) is 12.6. The molecule has 23 heavy (non-hydrogen) atoms. The monoisotopic (exact) mass is 297 g/mol. The average molecular weight is 297 g/mol. The van der Waals surface area contributed by atoms with Gasteiger partial charge in [-0.25, -0.2) is 0 Å². The van der Waals surface area contributed by atoms with Gasteiger partial charge in [0.2, 0.25) is 0 Å². The Kier molecular flexibility index (Phi) is 2.35. The van der Waals surface area contributed by atoms with Crippen LogP contribution in [-0.2, 0) is 0 Å². The van der Waals surface area contributed by atoms with E-state index in [1.54, 1.807) is 0 Å². The third-order valence-corrected chi connectivity index (χ3v) is 4.83. The molecule has 110 valence electrons. The molecule has 4 aromatic carbocycles. The lowest BCUT2D eigenvalue weighted by Crippen LogP contribution is -2.09. The van der Waals surface area contributed by atoms with Gasteiger partial charge in [0.1, 0.15) is 11.0 Å². The minimum atomic E-state index is 0.902. The summed E-state index contributed by atoms with van der Waals surface area (Å²) in [4.78, 5) is 12.3. The minimum Gasteiger partial charge on any atom is -0.324 e. The van der Waals surface area contributed by atoms with Gasteiger partial charge >= 0.3 is 0 Å². The summed E-state index contributed by atoms with van der Waals surface area (Å²) >= 11 is 0. The third kappa shape index (κ3) is 1.44. The molecule has 5 rings (SSSR count). The molecular formula is C20H15N3. The van der Waals surface area contributed by atoms with Gasteiger partial charge < -0.3 is 4.98 Å². The molecule has 0 aliphatic rings. The maximum atomic E-state index is 4.46. The van der Waals surface area contributed by atoms with Crippen LogP contribution in [0.15, 0.2) is 58.5 Å². The van der Waals surface area contributed by atoms with Gasteiger partial charge in [-0.05, 0) is 32.3 Å². The van der Waals surface area contributed by atoms with Crippen molar-refractivity contribution in [2.45, 2.75) is 0 Å². The summed E-state index contributed by atoms with van der Waals surface area (Å²) < 4.78 is 0. The smallest absolute Gasteiger partial charge is 0.135 e. The highest BCUT2D eigenvalue weighted by Gasteiger charge is 2.16. The van der Waals surface area contributed by atoms with Gasteiger partial charge in [-0.15, -0.1) is 0 Å². The number of nitrogens with zero attached hydrogens (tertiary/aromatic N) is 2. The second kappa shape index (κ2) is 4.29. The lowest BCUT2D eigenvalue weighted by atomic mass is 9.91. The Labute approximate surface area is 132 Å². The Balaban J connectivity index is 2.36. The van der Waals surface area contributed by atoms with Crippen molar-refractivity contribution in [3.05, 3.63) is 59.5 Å². The fourth-order valence-electron chi connectivity index (χ4n) is 3.91. The van der Waals surface area contributed by atoms with Crippen LogP contribution in [0, 0.1) is 0 Å². The van der Waals surface area contributed by atoms with Crippen LogP contribution in [-0.4, -0.2) is 19.1 Å². The number of fused-ring (bicyclic) bond motifs is 3. The van der Waals surface area contributed by atoms with E-state index >= 15 is 0 Å². The summed E-state index contributed by atoms with van der Waals surface area (Å²) in [5.74, 6) is 0. The molecule has 3 heteroatoms. The van der Waals surface area contributed by atoms with Crippen molar-refractivity contribution in [2.75, 3.05) is 14.1 Å². The van der Waals surface area contributed by atoms with Crippen molar-refractivity contribution < 1.29 is 0 Å². The van der Waals surface area contributed by atoms with Gasteiger partial charge in [0, 0.05) is 24.9 Å². The molecule has 0 aliphatic carbocycles. The van der Waals surface area contributed by atoms with E-state index in [9.17, 15) is 0 Å². The molecule has 0 amide bonds. The summed E-state index contributed by atoms with van der Waals surface area (Å²) in [7, 11) is 3.65.